The van der Waals surface area contributed by atoms with Crippen molar-refractivity contribution in [3.63, 3.8) is 0 Å². The van der Waals surface area contributed by atoms with E-state index in [2.05, 4.69) is 63.6 Å². The van der Waals surface area contributed by atoms with Crippen LogP contribution < -0.4 is 15.5 Å². The maximum absolute atomic E-state index is 11.9. The summed E-state index contributed by atoms with van der Waals surface area (Å²) in [6.07, 6.45) is 1.35. The second kappa shape index (κ2) is 9.21. The van der Waals surface area contributed by atoms with E-state index >= 15 is 0 Å². The molecule has 0 fully saturated rings. The Morgan fingerprint density at radius 2 is 1.92 bits per heavy atom. The number of phenols is 1. The number of nitrogens with zero attached hydrogens (tertiary/aromatic N) is 1. The van der Waals surface area contributed by atoms with Gasteiger partial charge in [0, 0.05) is 19.0 Å². The van der Waals surface area contributed by atoms with Gasteiger partial charge >= 0.3 is 0 Å². The molecule has 6 nitrogen and oxygen atoms in total. The van der Waals surface area contributed by atoms with Crippen molar-refractivity contribution in [1.29, 1.82) is 0 Å². The average molecular weight is 536 g/mol. The molecule has 0 unspecified atom stereocenters. The molecule has 0 aliphatic carbocycles. The summed E-state index contributed by atoms with van der Waals surface area (Å²) in [5.74, 6) is 0.294. The smallest absolute Gasteiger partial charge is 0.259 e. The molecule has 1 amide bonds. The summed E-state index contributed by atoms with van der Waals surface area (Å²) in [5, 5.41) is 16.6. The lowest BCUT2D eigenvalue weighted by molar-refractivity contribution is -0.119. The van der Waals surface area contributed by atoms with Crippen LogP contribution in [0.3, 0.4) is 0 Å². The largest absolute Gasteiger partial charge is 0.507 e. The van der Waals surface area contributed by atoms with Gasteiger partial charge in [-0.25, -0.2) is 5.43 Å². The van der Waals surface area contributed by atoms with Gasteiger partial charge in [-0.15, -0.1) is 0 Å². The molecule has 0 spiro atoms. The molecule has 0 atom stereocenters. The van der Waals surface area contributed by atoms with Gasteiger partial charge in [0.25, 0.3) is 5.91 Å². The first-order valence-corrected chi connectivity index (χ1v) is 9.36. The average Bonchev–Trinajstić information content (AvgIpc) is 2.58. The zero-order chi connectivity index (χ0) is 18.4. The first-order chi connectivity index (χ1) is 11.9. The molecule has 0 bridgehead atoms. The molecular weight excluding hydrogens is 522 g/mol. The van der Waals surface area contributed by atoms with Crippen LogP contribution in [0.5, 0.6) is 11.5 Å². The van der Waals surface area contributed by atoms with Gasteiger partial charge in [0.05, 0.1) is 25.6 Å². The van der Waals surface area contributed by atoms with Crippen molar-refractivity contribution < 1.29 is 14.6 Å². The van der Waals surface area contributed by atoms with Gasteiger partial charge in [0.2, 0.25) is 0 Å². The molecule has 2 aromatic rings. The van der Waals surface area contributed by atoms with E-state index in [-0.39, 0.29) is 18.2 Å². The second-order valence-electron chi connectivity index (χ2n) is 4.82. The number of ether oxygens (including phenoxy) is 1. The van der Waals surface area contributed by atoms with Crippen molar-refractivity contribution in [2.24, 2.45) is 5.10 Å². The number of phenolic OH excluding ortho intramolecular Hbond substituents is 1. The SMILES string of the molecule is COc1ccc(O)c(C=NNC(=O)CNc2cc(Br)c(Br)cc2Br)c1. The molecule has 25 heavy (non-hydrogen) atoms. The normalized spacial score (nSPS) is 10.7. The number of carbonyl (C=O) groups is 1. The van der Waals surface area contributed by atoms with Gasteiger partial charge in [0.1, 0.15) is 11.5 Å². The Labute approximate surface area is 170 Å². The third kappa shape index (κ3) is 5.72. The number of hydrazone groups is 1. The third-order valence-corrected chi connectivity index (χ3v) is 5.58. The van der Waals surface area contributed by atoms with E-state index in [1.54, 1.807) is 12.1 Å². The number of anilines is 1. The molecule has 0 radical (unpaired) electrons. The topological polar surface area (TPSA) is 83.0 Å². The van der Waals surface area contributed by atoms with Crippen molar-refractivity contribution in [1.82, 2.24) is 5.43 Å². The van der Waals surface area contributed by atoms with Crippen LogP contribution >= 0.6 is 47.8 Å². The van der Waals surface area contributed by atoms with Crippen LogP contribution in [0.4, 0.5) is 5.69 Å². The molecule has 0 aliphatic rings. The van der Waals surface area contributed by atoms with Gasteiger partial charge in [-0.3, -0.25) is 4.79 Å². The zero-order valence-corrected chi connectivity index (χ0v) is 17.8. The second-order valence-corrected chi connectivity index (χ2v) is 7.38. The van der Waals surface area contributed by atoms with Crippen molar-refractivity contribution in [3.05, 3.63) is 49.3 Å². The van der Waals surface area contributed by atoms with E-state index in [0.717, 1.165) is 19.1 Å². The highest BCUT2D eigenvalue weighted by molar-refractivity contribution is 9.13. The summed E-state index contributed by atoms with van der Waals surface area (Å²) < 4.78 is 7.66. The maximum atomic E-state index is 11.9. The van der Waals surface area contributed by atoms with E-state index in [1.807, 2.05) is 12.1 Å². The summed E-state index contributed by atoms with van der Waals surface area (Å²) in [4.78, 5) is 11.9. The van der Waals surface area contributed by atoms with Gasteiger partial charge in [-0.05, 0) is 78.1 Å². The standard InChI is InChI=1S/C16H14Br3N3O3/c1-25-10-2-3-15(23)9(4-10)7-21-22-16(24)8-20-14-6-12(18)11(17)5-13(14)19/h2-7,20,23H,8H2,1H3,(H,22,24). The number of amides is 1. The van der Waals surface area contributed by atoms with Crippen molar-refractivity contribution in [2.75, 3.05) is 19.0 Å². The molecule has 3 N–H and O–H groups in total. The highest BCUT2D eigenvalue weighted by Crippen LogP contribution is 2.32. The zero-order valence-electron chi connectivity index (χ0n) is 13.0. The Morgan fingerprint density at radius 1 is 1.20 bits per heavy atom. The summed E-state index contributed by atoms with van der Waals surface area (Å²) in [7, 11) is 1.53. The minimum Gasteiger partial charge on any atom is -0.507 e. The number of rotatable bonds is 6. The fourth-order valence-corrected chi connectivity index (χ4v) is 3.29. The lowest BCUT2D eigenvalue weighted by Crippen LogP contribution is -2.26. The van der Waals surface area contributed by atoms with Crippen LogP contribution in [0, 0.1) is 0 Å². The van der Waals surface area contributed by atoms with Crippen LogP contribution in [0.15, 0.2) is 48.9 Å². The van der Waals surface area contributed by atoms with Gasteiger partial charge in [0.15, 0.2) is 0 Å². The van der Waals surface area contributed by atoms with Crippen LogP contribution in [-0.4, -0.2) is 30.9 Å². The molecule has 132 valence electrons. The Hall–Kier alpha value is -1.58. The molecule has 9 heteroatoms. The fraction of sp³-hybridized carbons (Fsp3) is 0.125. The number of carbonyl (C=O) groups excluding carboxylic acids is 1. The highest BCUT2D eigenvalue weighted by Gasteiger charge is 2.07. The minimum absolute atomic E-state index is 0.0358. The molecule has 0 saturated carbocycles. The first-order valence-electron chi connectivity index (χ1n) is 6.98. The number of halogens is 3. The summed E-state index contributed by atoms with van der Waals surface area (Å²) in [5.41, 5.74) is 3.59. The molecular formula is C16H14Br3N3O3. The molecule has 0 heterocycles. The molecule has 0 saturated heterocycles. The van der Waals surface area contributed by atoms with Gasteiger partial charge in [-0.1, -0.05) is 0 Å². The molecule has 2 rings (SSSR count). The number of nitrogens with one attached hydrogen (secondary N) is 2. The van der Waals surface area contributed by atoms with Crippen molar-refractivity contribution in [3.8, 4) is 11.5 Å². The molecule has 2 aromatic carbocycles. The van der Waals surface area contributed by atoms with E-state index < -0.39 is 0 Å². The lowest BCUT2D eigenvalue weighted by atomic mass is 10.2. The predicted molar refractivity (Wildman–Crippen MR) is 108 cm³/mol. The Bertz CT molecular complexity index is 813. The van der Waals surface area contributed by atoms with Crippen molar-refractivity contribution >= 4 is 65.6 Å². The summed E-state index contributed by atoms with van der Waals surface area (Å²) in [6.45, 7) is 0.0358. The first kappa shape index (κ1) is 19.7. The van der Waals surface area contributed by atoms with Crippen LogP contribution in [-0.2, 0) is 4.79 Å². The number of hydrogen-bond donors (Lipinski definition) is 3. The Kier molecular flexibility index (Phi) is 7.27. The third-order valence-electron chi connectivity index (χ3n) is 3.08. The Morgan fingerprint density at radius 3 is 2.64 bits per heavy atom. The number of hydrogen-bond acceptors (Lipinski definition) is 5. The predicted octanol–water partition coefficient (Wildman–Crippen LogP) is 4.25. The van der Waals surface area contributed by atoms with E-state index in [1.165, 1.54) is 19.4 Å². The van der Waals surface area contributed by atoms with Gasteiger partial charge in [-0.2, -0.15) is 5.10 Å². The summed E-state index contributed by atoms with van der Waals surface area (Å²) >= 11 is 10.2. The maximum Gasteiger partial charge on any atom is 0.259 e. The van der Waals surface area contributed by atoms with Crippen LogP contribution in [0.25, 0.3) is 0 Å². The van der Waals surface area contributed by atoms with E-state index in [0.29, 0.717) is 11.3 Å². The summed E-state index contributed by atoms with van der Waals surface area (Å²) in [6, 6.07) is 8.45. The highest BCUT2D eigenvalue weighted by atomic mass is 79.9. The minimum atomic E-state index is -0.329. The van der Waals surface area contributed by atoms with E-state index in [4.69, 9.17) is 4.74 Å². The molecule has 0 aromatic heterocycles. The number of benzene rings is 2. The fourth-order valence-electron chi connectivity index (χ4n) is 1.81. The van der Waals surface area contributed by atoms with Crippen LogP contribution in [0.1, 0.15) is 5.56 Å². The van der Waals surface area contributed by atoms with Crippen LogP contribution in [0.2, 0.25) is 0 Å². The van der Waals surface area contributed by atoms with Crippen molar-refractivity contribution in [2.45, 2.75) is 0 Å². The molecule has 0 aliphatic heterocycles. The van der Waals surface area contributed by atoms with E-state index in [9.17, 15) is 9.90 Å². The quantitative estimate of drug-likeness (QED) is 0.293. The number of methoxy groups -OCH3 is 1. The monoisotopic (exact) mass is 533 g/mol. The lowest BCUT2D eigenvalue weighted by Gasteiger charge is -2.09. The number of aromatic hydroxyl groups is 1. The van der Waals surface area contributed by atoms with Gasteiger partial charge < -0.3 is 15.2 Å². The Balaban J connectivity index is 1.92.